The van der Waals surface area contributed by atoms with E-state index in [1.54, 1.807) is 14.2 Å². The molecule has 0 aliphatic carbocycles. The Labute approximate surface area is 132 Å². The molecule has 1 saturated heterocycles. The monoisotopic (exact) mass is 306 g/mol. The second kappa shape index (κ2) is 6.38. The normalized spacial score (nSPS) is 28.4. The van der Waals surface area contributed by atoms with Crippen molar-refractivity contribution in [2.24, 2.45) is 0 Å². The van der Waals surface area contributed by atoms with Gasteiger partial charge >= 0.3 is 6.01 Å². The van der Waals surface area contributed by atoms with Gasteiger partial charge in [0, 0.05) is 44.3 Å². The van der Waals surface area contributed by atoms with Crippen LogP contribution in [0.5, 0.6) is 6.01 Å². The molecule has 0 amide bonds. The molecule has 1 aromatic rings. The lowest BCUT2D eigenvalue weighted by Crippen LogP contribution is -2.50. The Bertz CT molecular complexity index is 525. The Hall–Kier alpha value is -1.40. The third-order valence-corrected chi connectivity index (χ3v) is 4.81. The van der Waals surface area contributed by atoms with E-state index in [4.69, 9.17) is 14.5 Å². The summed E-state index contributed by atoms with van der Waals surface area (Å²) in [6.07, 6.45) is 3.31. The Balaban J connectivity index is 1.99. The van der Waals surface area contributed by atoms with Crippen molar-refractivity contribution in [3.05, 3.63) is 11.3 Å². The molecule has 1 aromatic heterocycles. The van der Waals surface area contributed by atoms with Gasteiger partial charge in [-0.25, -0.2) is 0 Å². The highest BCUT2D eigenvalue weighted by Crippen LogP contribution is 2.34. The maximum atomic E-state index is 5.58. The van der Waals surface area contributed by atoms with Crippen molar-refractivity contribution in [2.75, 3.05) is 25.7 Å². The predicted octanol–water partition coefficient (Wildman–Crippen LogP) is 1.52. The second-order valence-electron chi connectivity index (χ2n) is 6.32. The zero-order valence-electron chi connectivity index (χ0n) is 13.9. The number of nitrogens with zero attached hydrogens (tertiary/aromatic N) is 3. The first kappa shape index (κ1) is 15.5. The number of hydrogen-bond acceptors (Lipinski definition) is 6. The lowest BCUT2D eigenvalue weighted by atomic mass is 9.93. The largest absolute Gasteiger partial charge is 0.467 e. The van der Waals surface area contributed by atoms with Crippen molar-refractivity contribution in [1.82, 2.24) is 15.3 Å². The van der Waals surface area contributed by atoms with Crippen molar-refractivity contribution in [3.63, 3.8) is 0 Å². The highest BCUT2D eigenvalue weighted by atomic mass is 16.5. The number of fused-ring (bicyclic) bond motifs is 1. The van der Waals surface area contributed by atoms with Gasteiger partial charge in [-0.05, 0) is 26.7 Å². The quantitative estimate of drug-likeness (QED) is 0.914. The van der Waals surface area contributed by atoms with Crippen LogP contribution in [0.3, 0.4) is 0 Å². The summed E-state index contributed by atoms with van der Waals surface area (Å²) >= 11 is 0. The van der Waals surface area contributed by atoms with Crippen LogP contribution in [0.4, 0.5) is 5.82 Å². The Kier molecular flexibility index (Phi) is 4.49. The smallest absolute Gasteiger partial charge is 0.318 e. The van der Waals surface area contributed by atoms with Crippen molar-refractivity contribution in [2.45, 2.75) is 57.8 Å². The first-order valence-electron chi connectivity index (χ1n) is 8.09. The Morgan fingerprint density at radius 1 is 1.14 bits per heavy atom. The standard InChI is InChI=1S/C16H26N4O2/c1-10-7-12(21-3)8-11(2)20(10)15-13-9-17-6-5-14(13)18-16(19-15)22-4/h10-12,17H,5-9H2,1-4H3. The van der Waals surface area contributed by atoms with Crippen LogP contribution in [-0.2, 0) is 17.7 Å². The fourth-order valence-electron chi connectivity index (χ4n) is 3.74. The Morgan fingerprint density at radius 2 is 1.86 bits per heavy atom. The third kappa shape index (κ3) is 2.77. The van der Waals surface area contributed by atoms with E-state index in [1.807, 2.05) is 0 Å². The number of piperidine rings is 1. The van der Waals surface area contributed by atoms with Gasteiger partial charge in [-0.3, -0.25) is 0 Å². The molecule has 1 fully saturated rings. The summed E-state index contributed by atoms with van der Waals surface area (Å²) < 4.78 is 10.9. The molecule has 6 heteroatoms. The fraction of sp³-hybridized carbons (Fsp3) is 0.750. The van der Waals surface area contributed by atoms with Crippen molar-refractivity contribution >= 4 is 5.82 Å². The van der Waals surface area contributed by atoms with Crippen LogP contribution in [0.2, 0.25) is 0 Å². The summed E-state index contributed by atoms with van der Waals surface area (Å²) in [5, 5.41) is 3.44. The average Bonchev–Trinajstić information content (AvgIpc) is 2.53. The molecule has 0 spiro atoms. The van der Waals surface area contributed by atoms with Crippen LogP contribution in [0.25, 0.3) is 0 Å². The molecule has 1 N–H and O–H groups in total. The zero-order valence-corrected chi connectivity index (χ0v) is 13.9. The van der Waals surface area contributed by atoms with E-state index in [2.05, 4.69) is 29.0 Å². The molecule has 0 bridgehead atoms. The molecule has 2 aliphatic rings. The summed E-state index contributed by atoms with van der Waals surface area (Å²) in [5.41, 5.74) is 2.34. The summed E-state index contributed by atoms with van der Waals surface area (Å²) in [6.45, 7) is 6.29. The van der Waals surface area contributed by atoms with Gasteiger partial charge in [-0.15, -0.1) is 0 Å². The van der Waals surface area contributed by atoms with Crippen LogP contribution in [0.1, 0.15) is 37.9 Å². The van der Waals surface area contributed by atoms with Crippen LogP contribution < -0.4 is 15.0 Å². The Morgan fingerprint density at radius 3 is 2.50 bits per heavy atom. The number of anilines is 1. The number of ether oxygens (including phenoxy) is 2. The van der Waals surface area contributed by atoms with Crippen LogP contribution in [0, 0.1) is 0 Å². The SMILES string of the molecule is COc1nc2c(c(N3C(C)CC(OC)CC3C)n1)CNCC2. The lowest BCUT2D eigenvalue weighted by molar-refractivity contribution is 0.0611. The lowest BCUT2D eigenvalue weighted by Gasteiger charge is -2.44. The van der Waals surface area contributed by atoms with Crippen LogP contribution in [-0.4, -0.2) is 48.9 Å². The molecule has 3 heterocycles. The van der Waals surface area contributed by atoms with Crippen molar-refractivity contribution < 1.29 is 9.47 Å². The molecule has 6 nitrogen and oxygen atoms in total. The molecule has 2 atom stereocenters. The van der Waals surface area contributed by atoms with Gasteiger partial charge in [-0.1, -0.05) is 0 Å². The number of rotatable bonds is 3. The summed E-state index contributed by atoms with van der Waals surface area (Å²) in [5.74, 6) is 1.03. The molecule has 0 saturated carbocycles. The summed E-state index contributed by atoms with van der Waals surface area (Å²) in [4.78, 5) is 11.7. The highest BCUT2D eigenvalue weighted by molar-refractivity contribution is 5.53. The van der Waals surface area contributed by atoms with Gasteiger partial charge in [0.15, 0.2) is 0 Å². The van der Waals surface area contributed by atoms with Gasteiger partial charge in [0.05, 0.1) is 18.9 Å². The maximum absolute atomic E-state index is 5.58. The van der Waals surface area contributed by atoms with Gasteiger partial charge in [0.1, 0.15) is 5.82 Å². The van der Waals surface area contributed by atoms with Gasteiger partial charge < -0.3 is 19.7 Å². The molecule has 122 valence electrons. The molecule has 2 unspecified atom stereocenters. The van der Waals surface area contributed by atoms with E-state index in [0.29, 0.717) is 24.2 Å². The van der Waals surface area contributed by atoms with Crippen LogP contribution in [0.15, 0.2) is 0 Å². The number of methoxy groups -OCH3 is 2. The zero-order chi connectivity index (χ0) is 15.7. The van der Waals surface area contributed by atoms with E-state index in [1.165, 1.54) is 5.56 Å². The second-order valence-corrected chi connectivity index (χ2v) is 6.32. The van der Waals surface area contributed by atoms with E-state index >= 15 is 0 Å². The average molecular weight is 306 g/mol. The van der Waals surface area contributed by atoms with Crippen molar-refractivity contribution in [1.29, 1.82) is 0 Å². The van der Waals surface area contributed by atoms with Gasteiger partial charge in [0.2, 0.25) is 0 Å². The minimum Gasteiger partial charge on any atom is -0.467 e. The topological polar surface area (TPSA) is 59.5 Å². The molecule has 0 aromatic carbocycles. The molecule has 22 heavy (non-hydrogen) atoms. The summed E-state index contributed by atoms with van der Waals surface area (Å²) in [6, 6.07) is 1.25. The first-order valence-corrected chi connectivity index (χ1v) is 8.09. The van der Waals surface area contributed by atoms with E-state index in [9.17, 15) is 0 Å². The maximum Gasteiger partial charge on any atom is 0.318 e. The van der Waals surface area contributed by atoms with Crippen LogP contribution >= 0.6 is 0 Å². The minimum atomic E-state index is 0.332. The van der Waals surface area contributed by atoms with E-state index < -0.39 is 0 Å². The van der Waals surface area contributed by atoms with Gasteiger partial charge in [-0.2, -0.15) is 9.97 Å². The van der Waals surface area contributed by atoms with Gasteiger partial charge in [0.25, 0.3) is 0 Å². The fourth-order valence-corrected chi connectivity index (χ4v) is 3.74. The highest BCUT2D eigenvalue weighted by Gasteiger charge is 2.34. The molecule has 2 aliphatic heterocycles. The number of hydrogen-bond donors (Lipinski definition) is 1. The molecular formula is C16H26N4O2. The van der Waals surface area contributed by atoms with E-state index in [-0.39, 0.29) is 0 Å². The van der Waals surface area contributed by atoms with E-state index in [0.717, 1.165) is 43.9 Å². The first-order chi connectivity index (χ1) is 10.6. The number of nitrogens with one attached hydrogen (secondary N) is 1. The summed E-state index contributed by atoms with van der Waals surface area (Å²) in [7, 11) is 3.44. The number of aromatic nitrogens is 2. The molecular weight excluding hydrogens is 280 g/mol. The van der Waals surface area contributed by atoms with Crippen molar-refractivity contribution in [3.8, 4) is 6.01 Å². The predicted molar refractivity (Wildman–Crippen MR) is 85.4 cm³/mol. The molecule has 3 rings (SSSR count). The molecule has 0 radical (unpaired) electrons. The third-order valence-electron chi connectivity index (χ3n) is 4.81. The minimum absolute atomic E-state index is 0.332.